The van der Waals surface area contributed by atoms with Crippen LogP contribution in [0, 0.1) is 11.8 Å². The maximum absolute atomic E-state index is 14.9. The molecule has 0 fully saturated rings. The van der Waals surface area contributed by atoms with Gasteiger partial charge in [0.05, 0.1) is 12.1 Å². The highest BCUT2D eigenvalue weighted by Gasteiger charge is 2.84. The molecule has 1 aliphatic heterocycles. The van der Waals surface area contributed by atoms with E-state index in [4.69, 9.17) is 4.74 Å². The Morgan fingerprint density at radius 2 is 1.35 bits per heavy atom. The normalized spacial score (nSPS) is 18.1. The first-order valence-electron chi connectivity index (χ1n) is 14.1. The van der Waals surface area contributed by atoms with Crippen molar-refractivity contribution in [3.05, 3.63) is 35.4 Å². The molecule has 3 amide bonds. The number of benzene rings is 1. The zero-order valence-electron chi connectivity index (χ0n) is 26.0. The zero-order chi connectivity index (χ0) is 35.8. The van der Waals surface area contributed by atoms with Gasteiger partial charge in [-0.2, -0.15) is 39.5 Å². The van der Waals surface area contributed by atoms with Crippen molar-refractivity contribution in [1.82, 2.24) is 15.5 Å². The summed E-state index contributed by atoms with van der Waals surface area (Å²) in [6.45, 7) is 9.14. The van der Waals surface area contributed by atoms with Crippen LogP contribution in [-0.4, -0.2) is 76.3 Å². The third-order valence-electron chi connectivity index (χ3n) is 7.17. The minimum atomic E-state index is -7.30. The van der Waals surface area contributed by atoms with Gasteiger partial charge in [-0.3, -0.25) is 24.6 Å². The molecule has 2 unspecified atom stereocenters. The Labute approximate surface area is 259 Å². The van der Waals surface area contributed by atoms with E-state index in [1.165, 1.54) is 38.1 Å². The smallest absolute Gasteiger partial charge is 0.444 e. The molecule has 0 aromatic heterocycles. The molecule has 17 heteroatoms. The summed E-state index contributed by atoms with van der Waals surface area (Å²) in [6, 6.07) is 0.310. The number of carbonyl (C=O) groups is 4. The lowest BCUT2D eigenvalue weighted by Crippen LogP contribution is -2.68. The summed E-state index contributed by atoms with van der Waals surface area (Å²) in [6.07, 6.45) is -8.56. The maximum atomic E-state index is 14.9. The molecule has 8 nitrogen and oxygen atoms in total. The predicted molar refractivity (Wildman–Crippen MR) is 145 cm³/mol. The topological polar surface area (TPSA) is 105 Å². The van der Waals surface area contributed by atoms with Gasteiger partial charge in [-0.1, -0.05) is 52.0 Å². The van der Waals surface area contributed by atoms with Crippen LogP contribution in [0.3, 0.4) is 0 Å². The summed E-state index contributed by atoms with van der Waals surface area (Å²) in [5.41, 5.74) is -0.247. The second-order valence-corrected chi connectivity index (χ2v) is 12.7. The fraction of sp³-hybridized carbons (Fsp3) is 0.655. The van der Waals surface area contributed by atoms with Crippen molar-refractivity contribution in [3.63, 3.8) is 0 Å². The highest BCUT2D eigenvalue weighted by Crippen LogP contribution is 2.54. The second-order valence-electron chi connectivity index (χ2n) is 12.7. The molecular weight excluding hydrogens is 641 g/mol. The van der Waals surface area contributed by atoms with E-state index < -0.39 is 96.2 Å². The average molecular weight is 678 g/mol. The number of rotatable bonds is 10. The van der Waals surface area contributed by atoms with Gasteiger partial charge in [0, 0.05) is 6.54 Å². The number of halogens is 9. The van der Waals surface area contributed by atoms with Crippen LogP contribution in [0.25, 0.3) is 0 Å². The molecule has 260 valence electrons. The molecule has 1 heterocycles. The number of fused-ring (bicyclic) bond motifs is 1. The fourth-order valence-electron chi connectivity index (χ4n) is 4.88. The summed E-state index contributed by atoms with van der Waals surface area (Å²) in [5, 5.41) is 4.29. The van der Waals surface area contributed by atoms with Gasteiger partial charge < -0.3 is 10.1 Å². The van der Waals surface area contributed by atoms with Gasteiger partial charge in [-0.05, 0) is 50.2 Å². The first-order chi connectivity index (χ1) is 20.7. The van der Waals surface area contributed by atoms with Crippen LogP contribution < -0.4 is 10.6 Å². The van der Waals surface area contributed by atoms with Gasteiger partial charge >= 0.3 is 30.0 Å². The van der Waals surface area contributed by atoms with Crippen LogP contribution in [-0.2, 0) is 32.1 Å². The number of Topliss-reactive ketones (excluding diaryl/α,β-unsaturated/α-hetero) is 1. The largest absolute Gasteiger partial charge is 0.460 e. The monoisotopic (exact) mass is 677 g/mol. The molecule has 2 N–H and O–H groups in total. The van der Waals surface area contributed by atoms with E-state index in [2.05, 4.69) is 5.32 Å². The van der Waals surface area contributed by atoms with Gasteiger partial charge in [0.25, 0.3) is 0 Å². The molecule has 2 rings (SSSR count). The fourth-order valence-corrected chi connectivity index (χ4v) is 4.88. The summed E-state index contributed by atoms with van der Waals surface area (Å²) in [5.74, 6) is -28.5. The van der Waals surface area contributed by atoms with Crippen molar-refractivity contribution < 1.29 is 63.4 Å². The first-order valence-corrected chi connectivity index (χ1v) is 14.1. The molecular formula is C29H36F9N3O5. The molecule has 0 spiro atoms. The summed E-state index contributed by atoms with van der Waals surface area (Å²) in [4.78, 5) is 52.6. The molecule has 1 aliphatic rings. The lowest BCUT2D eigenvalue weighted by molar-refractivity contribution is -0.388. The highest BCUT2D eigenvalue weighted by molar-refractivity contribution is 6.01. The number of alkyl halides is 9. The van der Waals surface area contributed by atoms with E-state index in [9.17, 15) is 58.7 Å². The van der Waals surface area contributed by atoms with Crippen LogP contribution >= 0.6 is 0 Å². The van der Waals surface area contributed by atoms with E-state index in [1.54, 1.807) is 20.8 Å². The molecule has 0 aliphatic carbocycles. The number of amides is 3. The number of hydrogen-bond donors (Lipinski definition) is 2. The van der Waals surface area contributed by atoms with Crippen molar-refractivity contribution in [2.24, 2.45) is 11.8 Å². The van der Waals surface area contributed by atoms with Crippen LogP contribution in [0.15, 0.2) is 24.3 Å². The van der Waals surface area contributed by atoms with Crippen molar-refractivity contribution in [2.45, 2.75) is 109 Å². The molecule has 3 atom stereocenters. The Hall–Kier alpha value is -3.37. The third kappa shape index (κ3) is 7.94. The molecule has 0 bridgehead atoms. The number of nitrogens with one attached hydrogen (secondary N) is 2. The number of carbonyl (C=O) groups excluding carboxylic acids is 4. The molecule has 1 aromatic carbocycles. The Balaban J connectivity index is 2.54. The predicted octanol–water partition coefficient (Wildman–Crippen LogP) is 5.67. The van der Waals surface area contributed by atoms with E-state index >= 15 is 0 Å². The zero-order valence-corrected chi connectivity index (χ0v) is 26.0. The number of ketones is 1. The van der Waals surface area contributed by atoms with E-state index in [0.717, 1.165) is 13.8 Å². The Bertz CT molecular complexity index is 1310. The van der Waals surface area contributed by atoms with Crippen LogP contribution in [0.5, 0.6) is 0 Å². The van der Waals surface area contributed by atoms with Crippen LogP contribution in [0.2, 0.25) is 0 Å². The summed E-state index contributed by atoms with van der Waals surface area (Å²) < 4.78 is 129. The van der Waals surface area contributed by atoms with E-state index in [-0.39, 0.29) is 0 Å². The Morgan fingerprint density at radius 1 is 0.826 bits per heavy atom. The Morgan fingerprint density at radius 3 is 1.80 bits per heavy atom. The van der Waals surface area contributed by atoms with Crippen molar-refractivity contribution in [3.8, 4) is 0 Å². The Kier molecular flexibility index (Phi) is 11.3. The number of alkyl carbamates (subject to hydrolysis) is 1. The molecule has 0 radical (unpaired) electrons. The minimum absolute atomic E-state index is 0.304. The average Bonchev–Trinajstić information content (AvgIpc) is 2.88. The quantitative estimate of drug-likeness (QED) is 0.310. The van der Waals surface area contributed by atoms with Crippen LogP contribution in [0.4, 0.5) is 44.3 Å². The summed E-state index contributed by atoms with van der Waals surface area (Å²) >= 11 is 0. The standard InChI is InChI=1S/C29H36F9N3O5/c1-14(2)19(39-24(45)46-25(5,6)7)23(44)40-22(43)18-12-16-10-8-9-11-17(16)13-41(18)20(15(3)4)21(42)26(30,31)27(32,33)28(34,35)29(36,37)38/h8-11,14-15,18-20H,12-13H2,1-7H3,(H,39,45)(H,40,43,44)/t18?,19-,20?/m0/s1. The number of imide groups is 1. The SMILES string of the molecule is CC(C)C(C(=O)C(F)(F)C(F)(F)C(F)(F)C(F)(F)F)N1Cc2ccccc2CC1C(=O)NC(=O)[C@@H](NC(=O)OC(C)(C)C)C(C)C. The van der Waals surface area contributed by atoms with Gasteiger partial charge in [0.15, 0.2) is 0 Å². The molecule has 0 saturated carbocycles. The highest BCUT2D eigenvalue weighted by atomic mass is 19.4. The second kappa shape index (κ2) is 13.4. The number of ether oxygens (including phenoxy) is 1. The maximum Gasteiger partial charge on any atom is 0.460 e. The van der Waals surface area contributed by atoms with Crippen molar-refractivity contribution in [2.75, 3.05) is 0 Å². The summed E-state index contributed by atoms with van der Waals surface area (Å²) in [7, 11) is 0. The van der Waals surface area contributed by atoms with Gasteiger partial charge in [0.2, 0.25) is 17.6 Å². The van der Waals surface area contributed by atoms with Crippen LogP contribution in [0.1, 0.15) is 59.6 Å². The number of nitrogens with zero attached hydrogens (tertiary/aromatic N) is 1. The van der Waals surface area contributed by atoms with E-state index in [1.807, 2.05) is 5.32 Å². The van der Waals surface area contributed by atoms with Gasteiger partial charge in [-0.25, -0.2) is 4.79 Å². The minimum Gasteiger partial charge on any atom is -0.444 e. The number of hydrogen-bond acceptors (Lipinski definition) is 6. The lowest BCUT2D eigenvalue weighted by Gasteiger charge is -2.44. The lowest BCUT2D eigenvalue weighted by atomic mass is 9.85. The first kappa shape index (κ1) is 38.8. The van der Waals surface area contributed by atoms with Gasteiger partial charge in [-0.15, -0.1) is 0 Å². The van der Waals surface area contributed by atoms with Crippen molar-refractivity contribution >= 4 is 23.7 Å². The van der Waals surface area contributed by atoms with Crippen molar-refractivity contribution in [1.29, 1.82) is 0 Å². The molecule has 46 heavy (non-hydrogen) atoms. The van der Waals surface area contributed by atoms with E-state index in [0.29, 0.717) is 16.0 Å². The van der Waals surface area contributed by atoms with Gasteiger partial charge in [0.1, 0.15) is 11.6 Å². The molecule has 1 aromatic rings. The molecule has 0 saturated heterocycles. The third-order valence-corrected chi connectivity index (χ3v) is 7.17.